The standard InChI is InChI=1S/C12H19NO2S/c1-3-15-11(14)12(2,9-13)7-6-10-5-4-8-16-10/h4-5,8H,3,6-7,9,13H2,1-2H3. The minimum Gasteiger partial charge on any atom is -0.466 e. The molecule has 1 rings (SSSR count). The van der Waals surface area contributed by atoms with Crippen molar-refractivity contribution in [3.05, 3.63) is 22.4 Å². The maximum Gasteiger partial charge on any atom is 0.313 e. The van der Waals surface area contributed by atoms with E-state index in [0.717, 1.165) is 12.8 Å². The van der Waals surface area contributed by atoms with E-state index in [4.69, 9.17) is 10.5 Å². The fourth-order valence-electron chi connectivity index (χ4n) is 1.45. The molecule has 0 amide bonds. The van der Waals surface area contributed by atoms with Crippen LogP contribution in [0, 0.1) is 5.41 Å². The molecule has 1 atom stereocenters. The van der Waals surface area contributed by atoms with Gasteiger partial charge in [-0.15, -0.1) is 11.3 Å². The smallest absolute Gasteiger partial charge is 0.313 e. The molecule has 0 aliphatic carbocycles. The van der Waals surface area contributed by atoms with Gasteiger partial charge in [0.15, 0.2) is 0 Å². The highest BCUT2D eigenvalue weighted by Crippen LogP contribution is 2.25. The number of hydrogen-bond acceptors (Lipinski definition) is 4. The van der Waals surface area contributed by atoms with Gasteiger partial charge >= 0.3 is 5.97 Å². The largest absolute Gasteiger partial charge is 0.466 e. The van der Waals surface area contributed by atoms with Crippen molar-refractivity contribution >= 4 is 17.3 Å². The average Bonchev–Trinajstić information content (AvgIpc) is 2.79. The molecule has 3 nitrogen and oxygen atoms in total. The van der Waals surface area contributed by atoms with Crippen LogP contribution in [-0.2, 0) is 16.0 Å². The third-order valence-corrected chi connectivity index (χ3v) is 3.66. The quantitative estimate of drug-likeness (QED) is 0.777. The Morgan fingerprint density at radius 1 is 1.62 bits per heavy atom. The molecule has 0 aliphatic heterocycles. The first kappa shape index (κ1) is 13.2. The van der Waals surface area contributed by atoms with Gasteiger partial charge in [-0.2, -0.15) is 0 Å². The summed E-state index contributed by atoms with van der Waals surface area (Å²) < 4.78 is 5.05. The molecular formula is C12H19NO2S. The Bertz CT molecular complexity index is 324. The summed E-state index contributed by atoms with van der Waals surface area (Å²) >= 11 is 1.71. The molecule has 0 aliphatic rings. The van der Waals surface area contributed by atoms with Crippen LogP contribution < -0.4 is 5.73 Å². The van der Waals surface area contributed by atoms with Crippen molar-refractivity contribution in [3.8, 4) is 0 Å². The summed E-state index contributed by atoms with van der Waals surface area (Å²) in [6.07, 6.45) is 1.62. The van der Waals surface area contributed by atoms with Crippen molar-refractivity contribution in [2.75, 3.05) is 13.2 Å². The van der Waals surface area contributed by atoms with E-state index in [1.54, 1.807) is 11.3 Å². The van der Waals surface area contributed by atoms with E-state index < -0.39 is 5.41 Å². The zero-order valence-corrected chi connectivity index (χ0v) is 10.7. The number of nitrogens with two attached hydrogens (primary N) is 1. The molecule has 4 heteroatoms. The lowest BCUT2D eigenvalue weighted by Crippen LogP contribution is -2.37. The van der Waals surface area contributed by atoms with Gasteiger partial charge < -0.3 is 10.5 Å². The highest BCUT2D eigenvalue weighted by atomic mass is 32.1. The summed E-state index contributed by atoms with van der Waals surface area (Å²) in [7, 11) is 0. The number of ether oxygens (including phenoxy) is 1. The van der Waals surface area contributed by atoms with Crippen LogP contribution in [0.15, 0.2) is 17.5 Å². The number of esters is 1. The first-order valence-electron chi connectivity index (χ1n) is 5.52. The van der Waals surface area contributed by atoms with Gasteiger partial charge in [0.1, 0.15) is 0 Å². The van der Waals surface area contributed by atoms with Crippen LogP contribution >= 0.6 is 11.3 Å². The van der Waals surface area contributed by atoms with Crippen LogP contribution in [-0.4, -0.2) is 19.1 Å². The molecule has 0 spiro atoms. The van der Waals surface area contributed by atoms with Crippen LogP contribution in [0.2, 0.25) is 0 Å². The van der Waals surface area contributed by atoms with Crippen molar-refractivity contribution in [1.29, 1.82) is 0 Å². The third kappa shape index (κ3) is 3.32. The minimum atomic E-state index is -0.556. The van der Waals surface area contributed by atoms with Crippen molar-refractivity contribution in [2.24, 2.45) is 11.1 Å². The highest BCUT2D eigenvalue weighted by Gasteiger charge is 2.32. The van der Waals surface area contributed by atoms with Gasteiger partial charge in [0, 0.05) is 11.4 Å². The second-order valence-corrected chi connectivity index (χ2v) is 5.10. The van der Waals surface area contributed by atoms with E-state index in [1.807, 2.05) is 25.3 Å². The molecule has 0 fully saturated rings. The summed E-state index contributed by atoms with van der Waals surface area (Å²) in [4.78, 5) is 13.0. The Morgan fingerprint density at radius 3 is 2.88 bits per heavy atom. The van der Waals surface area contributed by atoms with Gasteiger partial charge in [-0.05, 0) is 38.1 Å². The Labute approximate surface area is 101 Å². The van der Waals surface area contributed by atoms with E-state index in [9.17, 15) is 4.79 Å². The molecule has 1 heterocycles. The molecule has 1 unspecified atom stereocenters. The van der Waals surface area contributed by atoms with Gasteiger partial charge in [-0.3, -0.25) is 4.79 Å². The molecule has 0 radical (unpaired) electrons. The lowest BCUT2D eigenvalue weighted by molar-refractivity contribution is -0.154. The Hall–Kier alpha value is -0.870. The van der Waals surface area contributed by atoms with Crippen LogP contribution in [0.25, 0.3) is 0 Å². The van der Waals surface area contributed by atoms with E-state index >= 15 is 0 Å². The third-order valence-electron chi connectivity index (χ3n) is 2.72. The van der Waals surface area contributed by atoms with Gasteiger partial charge in [-0.1, -0.05) is 6.07 Å². The van der Waals surface area contributed by atoms with Crippen molar-refractivity contribution in [1.82, 2.24) is 0 Å². The van der Waals surface area contributed by atoms with Crippen molar-refractivity contribution in [2.45, 2.75) is 26.7 Å². The van der Waals surface area contributed by atoms with Gasteiger partial charge in [-0.25, -0.2) is 0 Å². The van der Waals surface area contributed by atoms with Crippen molar-refractivity contribution < 1.29 is 9.53 Å². The molecule has 1 aromatic heterocycles. The second-order valence-electron chi connectivity index (χ2n) is 4.06. The van der Waals surface area contributed by atoms with Crippen LogP contribution in [0.1, 0.15) is 25.1 Å². The average molecular weight is 241 g/mol. The van der Waals surface area contributed by atoms with Gasteiger partial charge in [0.05, 0.1) is 12.0 Å². The summed E-state index contributed by atoms with van der Waals surface area (Å²) in [5.74, 6) is -0.186. The number of carbonyl (C=O) groups excluding carboxylic acids is 1. The van der Waals surface area contributed by atoms with Gasteiger partial charge in [0.2, 0.25) is 0 Å². The summed E-state index contributed by atoms with van der Waals surface area (Å²) in [6.45, 7) is 4.43. The normalized spacial score (nSPS) is 14.4. The number of aryl methyl sites for hydroxylation is 1. The SMILES string of the molecule is CCOC(=O)C(C)(CN)CCc1cccs1. The maximum absolute atomic E-state index is 11.8. The first-order chi connectivity index (χ1) is 7.62. The molecule has 0 saturated carbocycles. The number of thiophene rings is 1. The lowest BCUT2D eigenvalue weighted by Gasteiger charge is -2.25. The van der Waals surface area contributed by atoms with Gasteiger partial charge in [0.25, 0.3) is 0 Å². The second kappa shape index (κ2) is 6.01. The van der Waals surface area contributed by atoms with Crippen LogP contribution in [0.3, 0.4) is 0 Å². The van der Waals surface area contributed by atoms with Crippen molar-refractivity contribution in [3.63, 3.8) is 0 Å². The van der Waals surface area contributed by atoms with E-state index in [2.05, 4.69) is 6.07 Å². The molecule has 16 heavy (non-hydrogen) atoms. The summed E-state index contributed by atoms with van der Waals surface area (Å²) in [5.41, 5.74) is 5.12. The predicted octanol–water partition coefficient (Wildman–Crippen LogP) is 2.21. The number of hydrogen-bond donors (Lipinski definition) is 1. The summed E-state index contributed by atoms with van der Waals surface area (Å²) in [6, 6.07) is 4.09. The maximum atomic E-state index is 11.8. The molecule has 0 bridgehead atoms. The van der Waals surface area contributed by atoms with Crippen LogP contribution in [0.4, 0.5) is 0 Å². The fraction of sp³-hybridized carbons (Fsp3) is 0.583. The summed E-state index contributed by atoms with van der Waals surface area (Å²) in [5, 5.41) is 2.04. The Balaban J connectivity index is 2.56. The Kier molecular flexibility index (Phi) is 4.96. The zero-order chi connectivity index (χ0) is 12.0. The Morgan fingerprint density at radius 2 is 2.38 bits per heavy atom. The lowest BCUT2D eigenvalue weighted by atomic mass is 9.85. The van der Waals surface area contributed by atoms with Crippen LogP contribution in [0.5, 0.6) is 0 Å². The molecular weight excluding hydrogens is 222 g/mol. The zero-order valence-electron chi connectivity index (χ0n) is 9.86. The predicted molar refractivity (Wildman–Crippen MR) is 66.4 cm³/mol. The fourth-order valence-corrected chi connectivity index (χ4v) is 2.16. The highest BCUT2D eigenvalue weighted by molar-refractivity contribution is 7.09. The minimum absolute atomic E-state index is 0.186. The van der Waals surface area contributed by atoms with E-state index in [-0.39, 0.29) is 5.97 Å². The topological polar surface area (TPSA) is 52.3 Å². The number of rotatable bonds is 6. The van der Waals surface area contributed by atoms with E-state index in [1.165, 1.54) is 4.88 Å². The van der Waals surface area contributed by atoms with E-state index in [0.29, 0.717) is 13.2 Å². The monoisotopic (exact) mass is 241 g/mol. The molecule has 2 N–H and O–H groups in total. The molecule has 0 aromatic carbocycles. The molecule has 1 aromatic rings. The molecule has 0 saturated heterocycles. The number of carbonyl (C=O) groups is 1. The first-order valence-corrected chi connectivity index (χ1v) is 6.40. The molecule has 90 valence electrons.